The predicted molar refractivity (Wildman–Crippen MR) is 167 cm³/mol. The largest absolute Gasteiger partial charge is 0.348 e. The minimum Gasteiger partial charge on any atom is -0.348 e. The molecule has 0 heterocycles. The van der Waals surface area contributed by atoms with Gasteiger partial charge in [0.15, 0.2) is 0 Å². The highest BCUT2D eigenvalue weighted by Gasteiger charge is 2.21. The lowest BCUT2D eigenvalue weighted by Crippen LogP contribution is -2.18. The van der Waals surface area contributed by atoms with Crippen LogP contribution in [-0.4, -0.2) is 7.05 Å². The summed E-state index contributed by atoms with van der Waals surface area (Å²) in [7, 11) is 2.20. The van der Waals surface area contributed by atoms with E-state index in [4.69, 9.17) is 0 Å². The number of anilines is 1. The summed E-state index contributed by atoms with van der Waals surface area (Å²) in [5.41, 5.74) is 16.1. The molecule has 0 radical (unpaired) electrons. The normalized spacial score (nSPS) is 13.2. The van der Waals surface area contributed by atoms with E-state index in [0.717, 1.165) is 24.8 Å². The number of hydrogen-bond acceptors (Lipinski definition) is 1. The summed E-state index contributed by atoms with van der Waals surface area (Å²) >= 11 is 0. The van der Waals surface area contributed by atoms with Crippen LogP contribution in [0.4, 0.5) is 5.69 Å². The molecule has 0 unspecified atom stereocenters. The van der Waals surface area contributed by atoms with Gasteiger partial charge in [0.05, 0.1) is 0 Å². The zero-order chi connectivity index (χ0) is 26.9. The fourth-order valence-corrected chi connectivity index (χ4v) is 5.01. The third kappa shape index (κ3) is 6.25. The maximum Gasteiger partial charge on any atom is 0.0498 e. The second-order valence-corrected chi connectivity index (χ2v) is 9.94. The third-order valence-electron chi connectivity index (χ3n) is 7.15. The Morgan fingerprint density at radius 2 is 1.61 bits per heavy atom. The molecule has 1 nitrogen and oxygen atoms in total. The van der Waals surface area contributed by atoms with E-state index in [1.165, 1.54) is 50.3 Å². The summed E-state index contributed by atoms with van der Waals surface area (Å²) in [6.45, 7) is 8.82. The Morgan fingerprint density at radius 3 is 2.32 bits per heavy atom. The van der Waals surface area contributed by atoms with Gasteiger partial charge < -0.3 is 4.90 Å². The summed E-state index contributed by atoms with van der Waals surface area (Å²) in [5, 5.41) is 0. The molecule has 0 bridgehead atoms. The quantitative estimate of drug-likeness (QED) is 0.199. The highest BCUT2D eigenvalue weighted by atomic mass is 15.1. The average molecular weight is 498 g/mol. The molecule has 0 N–H and O–H groups in total. The number of nitrogens with zero attached hydrogens (tertiary/aromatic N) is 1. The third-order valence-corrected chi connectivity index (χ3v) is 7.15. The maximum absolute atomic E-state index is 3.49. The molecule has 0 saturated carbocycles. The van der Waals surface area contributed by atoms with Crippen molar-refractivity contribution in [1.82, 2.24) is 0 Å². The fraction of sp³-hybridized carbons (Fsp3) is 0.216. The van der Waals surface area contributed by atoms with Crippen molar-refractivity contribution in [1.29, 1.82) is 0 Å². The Balaban J connectivity index is 1.67. The van der Waals surface area contributed by atoms with E-state index in [9.17, 15) is 0 Å². The van der Waals surface area contributed by atoms with E-state index >= 15 is 0 Å². The van der Waals surface area contributed by atoms with Crippen molar-refractivity contribution in [2.45, 2.75) is 47.0 Å². The maximum atomic E-state index is 3.49. The molecule has 0 spiro atoms. The molecule has 0 fully saturated rings. The molecule has 0 aromatic heterocycles. The number of aryl methyl sites for hydroxylation is 3. The molecule has 0 aliphatic heterocycles. The minimum absolute atomic E-state index is 0.906. The summed E-state index contributed by atoms with van der Waals surface area (Å²) < 4.78 is 0. The van der Waals surface area contributed by atoms with Gasteiger partial charge in [-0.05, 0) is 91.3 Å². The van der Waals surface area contributed by atoms with Gasteiger partial charge in [0.2, 0.25) is 0 Å². The highest BCUT2D eigenvalue weighted by Crippen LogP contribution is 2.41. The molecular weight excluding hydrogens is 458 g/mol. The van der Waals surface area contributed by atoms with Crippen LogP contribution in [-0.2, 0) is 0 Å². The van der Waals surface area contributed by atoms with Crippen LogP contribution in [0.2, 0.25) is 0 Å². The second-order valence-electron chi connectivity index (χ2n) is 9.94. The first-order chi connectivity index (χ1) is 18.5. The minimum atomic E-state index is 0.906. The Kier molecular flexibility index (Phi) is 9.20. The average Bonchev–Trinajstić information content (AvgIpc) is 3.46. The smallest absolute Gasteiger partial charge is 0.0498 e. The van der Waals surface area contributed by atoms with Gasteiger partial charge in [0, 0.05) is 29.6 Å². The van der Waals surface area contributed by atoms with E-state index in [2.05, 4.69) is 149 Å². The summed E-state index contributed by atoms with van der Waals surface area (Å²) in [5.74, 6) is 0. The van der Waals surface area contributed by atoms with Crippen molar-refractivity contribution in [3.8, 4) is 11.1 Å². The van der Waals surface area contributed by atoms with Crippen molar-refractivity contribution < 1.29 is 0 Å². The predicted octanol–water partition coefficient (Wildman–Crippen LogP) is 10.2. The van der Waals surface area contributed by atoms with Gasteiger partial charge >= 0.3 is 0 Å². The van der Waals surface area contributed by atoms with E-state index < -0.39 is 0 Å². The Morgan fingerprint density at radius 1 is 0.842 bits per heavy atom. The second kappa shape index (κ2) is 13.0. The molecule has 0 saturated heterocycles. The Bertz CT molecular complexity index is 1470. The molecule has 0 amide bonds. The summed E-state index contributed by atoms with van der Waals surface area (Å²) in [4.78, 5) is 2.37. The Hall–Kier alpha value is -4.06. The molecule has 192 valence electrons. The lowest BCUT2D eigenvalue weighted by molar-refractivity contribution is 0.859. The van der Waals surface area contributed by atoms with Crippen LogP contribution in [0.1, 0.15) is 54.0 Å². The first-order valence-corrected chi connectivity index (χ1v) is 13.7. The van der Waals surface area contributed by atoms with Crippen molar-refractivity contribution in [2.24, 2.45) is 0 Å². The molecule has 1 heteroatoms. The van der Waals surface area contributed by atoms with E-state index in [1.54, 1.807) is 0 Å². The van der Waals surface area contributed by atoms with E-state index in [-0.39, 0.29) is 0 Å². The molecule has 3 aromatic carbocycles. The van der Waals surface area contributed by atoms with E-state index in [1.807, 2.05) is 6.08 Å². The van der Waals surface area contributed by atoms with Gasteiger partial charge in [-0.3, -0.25) is 0 Å². The van der Waals surface area contributed by atoms with Gasteiger partial charge in [-0.2, -0.15) is 0 Å². The Labute approximate surface area is 229 Å². The van der Waals surface area contributed by atoms with Gasteiger partial charge in [-0.15, -0.1) is 5.73 Å². The molecule has 38 heavy (non-hydrogen) atoms. The zero-order valence-electron chi connectivity index (χ0n) is 23.5. The SMILES string of the molecule is CCC/C(=C\C=C\C/C=C\c1ccccc1C)N(C)c1ccc(C)c(-c2ccccc2C)c1C1=C=CC=C1. The number of rotatable bonds is 10. The lowest BCUT2D eigenvalue weighted by Gasteiger charge is -2.28. The molecule has 4 rings (SSSR count). The van der Waals surface area contributed by atoms with Gasteiger partial charge in [-0.1, -0.05) is 98.3 Å². The van der Waals surface area contributed by atoms with E-state index in [0.29, 0.717) is 0 Å². The number of hydrogen-bond donors (Lipinski definition) is 0. The van der Waals surface area contributed by atoms with Crippen LogP contribution < -0.4 is 4.90 Å². The van der Waals surface area contributed by atoms with Crippen LogP contribution in [0.5, 0.6) is 0 Å². The van der Waals surface area contributed by atoms with Crippen LogP contribution in [0.25, 0.3) is 22.8 Å². The standard InChI is InChI=1S/C37H39N/c1-6-17-33(24-10-8-7-9-20-31-21-13-11-18-28(31)2)38(5)35-27-26-30(4)36(34-25-16-12-19-29(34)3)37(35)32-22-14-15-23-32/h8-16,18-22,24-27H,6-7,17H2,1-5H3/b10-8+,20-9-,33-24+. The van der Waals surface area contributed by atoms with Crippen LogP contribution >= 0.6 is 0 Å². The molecule has 3 aromatic rings. The number of allylic oxidation sites excluding steroid dienone is 8. The lowest BCUT2D eigenvalue weighted by atomic mass is 9.87. The molecule has 1 aliphatic rings. The first kappa shape index (κ1) is 27.0. The fourth-order valence-electron chi connectivity index (χ4n) is 5.01. The van der Waals surface area contributed by atoms with Gasteiger partial charge in [0.1, 0.15) is 0 Å². The monoisotopic (exact) mass is 497 g/mol. The summed E-state index contributed by atoms with van der Waals surface area (Å²) in [6.07, 6.45) is 20.4. The highest BCUT2D eigenvalue weighted by molar-refractivity contribution is 5.95. The van der Waals surface area contributed by atoms with Gasteiger partial charge in [-0.25, -0.2) is 0 Å². The van der Waals surface area contributed by atoms with Crippen LogP contribution in [0, 0.1) is 20.8 Å². The number of benzene rings is 3. The topological polar surface area (TPSA) is 3.24 Å². The molecular formula is C37H39N. The van der Waals surface area contributed by atoms with Crippen molar-refractivity contribution in [3.05, 3.63) is 142 Å². The van der Waals surface area contributed by atoms with Crippen LogP contribution in [0.3, 0.4) is 0 Å². The van der Waals surface area contributed by atoms with Crippen molar-refractivity contribution in [2.75, 3.05) is 11.9 Å². The van der Waals surface area contributed by atoms with Crippen LogP contribution in [0.15, 0.2) is 115 Å². The van der Waals surface area contributed by atoms with Crippen molar-refractivity contribution >= 4 is 17.3 Å². The van der Waals surface area contributed by atoms with Gasteiger partial charge in [0.25, 0.3) is 0 Å². The first-order valence-electron chi connectivity index (χ1n) is 13.7. The molecule has 1 aliphatic carbocycles. The van der Waals surface area contributed by atoms with Crippen molar-refractivity contribution in [3.63, 3.8) is 0 Å². The molecule has 0 atom stereocenters. The zero-order valence-corrected chi connectivity index (χ0v) is 23.5. The summed E-state index contributed by atoms with van der Waals surface area (Å²) in [6, 6.07) is 21.7.